The molecule has 0 aliphatic heterocycles. The van der Waals surface area contributed by atoms with E-state index in [1.54, 1.807) is 55.6 Å². The summed E-state index contributed by atoms with van der Waals surface area (Å²) in [4.78, 5) is 0. The maximum atomic E-state index is 2.73. The van der Waals surface area contributed by atoms with Crippen LogP contribution in [0, 0.1) is 0 Å². The summed E-state index contributed by atoms with van der Waals surface area (Å²) in [5.74, 6) is 0.285. The minimum atomic E-state index is -0.140. The van der Waals surface area contributed by atoms with Crippen LogP contribution in [-0.2, 0) is 35.9 Å². The van der Waals surface area contributed by atoms with E-state index in [2.05, 4.69) is 132 Å². The third-order valence-electron chi connectivity index (χ3n) is 13.6. The van der Waals surface area contributed by atoms with Crippen molar-refractivity contribution in [1.82, 2.24) is 0 Å². The van der Waals surface area contributed by atoms with Gasteiger partial charge in [0.1, 0.15) is 0 Å². The molecular weight excluding hydrogens is 650 g/mol. The van der Waals surface area contributed by atoms with E-state index in [-0.39, 0.29) is 41.8 Å². The maximum absolute atomic E-state index is 2.73. The normalized spacial score (nSPS) is 29.0. The number of rotatable bonds is 0. The van der Waals surface area contributed by atoms with E-state index in [9.17, 15) is 0 Å². The Hall–Kier alpha value is -1.78. The van der Waals surface area contributed by atoms with Gasteiger partial charge in [-0.3, -0.25) is 0 Å². The van der Waals surface area contributed by atoms with Crippen LogP contribution in [-0.4, -0.2) is 23.0 Å². The zero-order valence-electron chi connectivity index (χ0n) is 30.0. The van der Waals surface area contributed by atoms with E-state index in [0.29, 0.717) is 0 Å². The van der Waals surface area contributed by atoms with Crippen molar-refractivity contribution in [1.29, 1.82) is 0 Å². The Morgan fingerprint density at radius 3 is 1.02 bits per heavy atom. The van der Waals surface area contributed by atoms with Crippen molar-refractivity contribution in [2.75, 3.05) is 0 Å². The summed E-state index contributed by atoms with van der Waals surface area (Å²) < 4.78 is -0.140. The summed E-state index contributed by atoms with van der Waals surface area (Å²) in [6.45, 7) is 29.6. The van der Waals surface area contributed by atoms with Gasteiger partial charge < -0.3 is 0 Å². The zero-order valence-corrected chi connectivity index (χ0v) is 32.5. The van der Waals surface area contributed by atoms with E-state index >= 15 is 0 Å². The molecule has 6 aliphatic rings. The fourth-order valence-electron chi connectivity index (χ4n) is 10.1. The van der Waals surface area contributed by atoms with E-state index < -0.39 is 0 Å². The molecule has 2 bridgehead atoms. The first-order chi connectivity index (χ1) is 20.6. The van der Waals surface area contributed by atoms with Crippen LogP contribution in [0.5, 0.6) is 0 Å². The summed E-state index contributed by atoms with van der Waals surface area (Å²) in [6.07, 6.45) is 9.96. The molecule has 45 heavy (non-hydrogen) atoms. The Morgan fingerprint density at radius 2 is 0.667 bits per heavy atom. The van der Waals surface area contributed by atoms with Crippen LogP contribution in [0.3, 0.4) is 0 Å². The summed E-state index contributed by atoms with van der Waals surface area (Å²) in [5.41, 5.74) is 19.8. The van der Waals surface area contributed by atoms with Gasteiger partial charge in [-0.05, 0) is 0 Å². The van der Waals surface area contributed by atoms with Crippen LogP contribution in [0.1, 0.15) is 181 Å². The van der Waals surface area contributed by atoms with Gasteiger partial charge in [0.05, 0.1) is 0 Å². The quantitative estimate of drug-likeness (QED) is 0.162. The Bertz CT molecular complexity index is 1780. The van der Waals surface area contributed by atoms with Crippen molar-refractivity contribution < 1.29 is 0 Å². The topological polar surface area (TPSA) is 0 Å². The number of hydrogen-bond acceptors (Lipinski definition) is 0. The van der Waals surface area contributed by atoms with Crippen LogP contribution >= 0.6 is 0 Å². The molecule has 0 fully saturated rings. The second-order valence-electron chi connectivity index (χ2n) is 19.4. The van der Waals surface area contributed by atoms with Gasteiger partial charge in [-0.2, -0.15) is 0 Å². The Morgan fingerprint density at radius 1 is 0.400 bits per heavy atom. The molecule has 0 atom stereocenters. The molecule has 1 heteroatoms. The summed E-state index contributed by atoms with van der Waals surface area (Å²) in [5, 5.41) is 0. The molecule has 3 aromatic rings. The van der Waals surface area contributed by atoms with Gasteiger partial charge in [-0.1, -0.05) is 0 Å². The second-order valence-corrected chi connectivity index (χ2v) is 21.3. The molecular formula is C44H53Sb. The van der Waals surface area contributed by atoms with Crippen LogP contribution < -0.4 is 0 Å². The SMILES string of the molecule is CC1(C)C=CC(C)(C)c2cc3c(cc21)C1c2cc4c(cc2[C]3([Sb])c2cc3c(cc21)C(C)(C)CCC3(C)C)C(C)(C)CCC4(C)C. The third-order valence-corrected chi connectivity index (χ3v) is 15.7. The molecule has 0 saturated carbocycles. The van der Waals surface area contributed by atoms with Crippen molar-refractivity contribution in [2.45, 2.75) is 151 Å². The zero-order chi connectivity index (χ0) is 32.5. The minimum absolute atomic E-state index is 0.0218. The van der Waals surface area contributed by atoms with Crippen molar-refractivity contribution in [3.05, 3.63) is 115 Å². The average molecular weight is 704 g/mol. The number of allylic oxidation sites excluding steroid dienone is 2. The first-order valence-electron chi connectivity index (χ1n) is 17.6. The van der Waals surface area contributed by atoms with E-state index in [1.807, 2.05) is 23.0 Å². The average Bonchev–Trinajstić information content (AvgIpc) is 2.95. The first kappa shape index (κ1) is 30.5. The Balaban J connectivity index is 1.51. The van der Waals surface area contributed by atoms with Crippen LogP contribution in [0.25, 0.3) is 0 Å². The molecule has 0 nitrogen and oxygen atoms in total. The van der Waals surface area contributed by atoms with Gasteiger partial charge in [-0.25, -0.2) is 0 Å². The molecule has 6 aliphatic carbocycles. The van der Waals surface area contributed by atoms with Crippen molar-refractivity contribution in [2.24, 2.45) is 0 Å². The van der Waals surface area contributed by atoms with E-state index in [0.717, 1.165) is 0 Å². The molecule has 0 saturated heterocycles. The number of benzene rings is 3. The fourth-order valence-corrected chi connectivity index (χ4v) is 11.8. The molecule has 0 spiro atoms. The molecule has 0 amide bonds. The summed E-state index contributed by atoms with van der Waals surface area (Å²) in [7, 11) is 0. The van der Waals surface area contributed by atoms with E-state index in [1.165, 1.54) is 36.8 Å². The number of fused-ring (bicyclic) bond motifs is 3. The van der Waals surface area contributed by atoms with Crippen molar-refractivity contribution in [3.63, 3.8) is 0 Å². The third kappa shape index (κ3) is 3.85. The van der Waals surface area contributed by atoms with E-state index in [4.69, 9.17) is 0 Å². The standard InChI is InChI=1S/C44H53.Sb/c1-39(2)13-14-40(3,4)32-20-26-25(19-31(32)39)37-27-21-33-35(43(9,10)17-15-41(33,5)6)23-29(27)38(26)30-24-36-34(22-28(30)37)42(7,8)16-18-44(36,11)12;/h13-14,19-24,37H,15-18H2,1-12H3;. The molecule has 0 N–H and O–H groups in total. The molecule has 3 aromatic carbocycles. The van der Waals surface area contributed by atoms with Gasteiger partial charge in [0.15, 0.2) is 0 Å². The van der Waals surface area contributed by atoms with Gasteiger partial charge >= 0.3 is 289 Å². The van der Waals surface area contributed by atoms with Gasteiger partial charge in [0.2, 0.25) is 0 Å². The fraction of sp³-hybridized carbons (Fsp3) is 0.545. The monoisotopic (exact) mass is 702 g/mol. The molecule has 0 unspecified atom stereocenters. The Kier molecular flexibility index (Phi) is 5.85. The summed E-state index contributed by atoms with van der Waals surface area (Å²) >= 11 is 2.04. The Labute approximate surface area is 287 Å². The molecule has 234 valence electrons. The van der Waals surface area contributed by atoms with Crippen molar-refractivity contribution in [3.8, 4) is 0 Å². The van der Waals surface area contributed by atoms with Crippen LogP contribution in [0.2, 0.25) is 0 Å². The number of hydrogen-bond donors (Lipinski definition) is 0. The van der Waals surface area contributed by atoms with Crippen LogP contribution in [0.4, 0.5) is 0 Å². The molecule has 0 heterocycles. The molecule has 2 radical (unpaired) electrons. The predicted molar refractivity (Wildman–Crippen MR) is 192 cm³/mol. The summed E-state index contributed by atoms with van der Waals surface area (Å²) in [6, 6.07) is 16.3. The first-order valence-corrected chi connectivity index (χ1v) is 18.9. The van der Waals surface area contributed by atoms with Crippen LogP contribution in [0.15, 0.2) is 48.6 Å². The predicted octanol–water partition coefficient (Wildman–Crippen LogP) is 10.8. The second kappa shape index (κ2) is 8.62. The molecule has 9 rings (SSSR count). The van der Waals surface area contributed by atoms with Gasteiger partial charge in [0.25, 0.3) is 0 Å². The van der Waals surface area contributed by atoms with Gasteiger partial charge in [0, 0.05) is 0 Å². The molecule has 0 aromatic heterocycles. The van der Waals surface area contributed by atoms with Gasteiger partial charge in [-0.15, -0.1) is 0 Å². The van der Waals surface area contributed by atoms with Crippen molar-refractivity contribution >= 4 is 23.0 Å².